The van der Waals surface area contributed by atoms with E-state index in [1.54, 1.807) is 20.0 Å². The maximum absolute atomic E-state index is 12.0. The first-order valence-electron chi connectivity index (χ1n) is 7.71. The lowest BCUT2D eigenvalue weighted by atomic mass is 10.1. The van der Waals surface area contributed by atoms with Gasteiger partial charge in [0.2, 0.25) is 0 Å². The van der Waals surface area contributed by atoms with Gasteiger partial charge in [-0.2, -0.15) is 4.98 Å². The quantitative estimate of drug-likeness (QED) is 0.566. The highest BCUT2D eigenvalue weighted by Crippen LogP contribution is 2.45. The number of hydrogen-bond donors (Lipinski definition) is 2. The van der Waals surface area contributed by atoms with E-state index in [0.717, 1.165) is 0 Å². The van der Waals surface area contributed by atoms with Crippen LogP contribution in [0.1, 0.15) is 32.1 Å². The molecule has 1 aromatic heterocycles. The smallest absolute Gasteiger partial charge is 0.351 e. The molecule has 1 heterocycles. The normalized spacial score (nSPS) is 17.7. The zero-order valence-corrected chi connectivity index (χ0v) is 16.8. The molecule has 11 heteroatoms. The Morgan fingerprint density at radius 1 is 1.44 bits per heavy atom. The number of anilines is 1. The SMILES string of the molecule is CC[C@H](OC(C)n1cc(C)c(N)nc1=O)C(COC)OP(O)(=S)OC. The van der Waals surface area contributed by atoms with E-state index >= 15 is 0 Å². The molecular formula is C14H26N3O6PS. The van der Waals surface area contributed by atoms with Crippen LogP contribution in [0.25, 0.3) is 0 Å². The lowest BCUT2D eigenvalue weighted by Crippen LogP contribution is -2.38. The lowest BCUT2D eigenvalue weighted by molar-refractivity contribution is -0.110. The lowest BCUT2D eigenvalue weighted by Gasteiger charge is -2.31. The van der Waals surface area contributed by atoms with E-state index in [-0.39, 0.29) is 12.4 Å². The van der Waals surface area contributed by atoms with Crippen molar-refractivity contribution in [2.75, 3.05) is 26.6 Å². The highest BCUT2D eigenvalue weighted by Gasteiger charge is 2.30. The molecule has 4 atom stereocenters. The van der Waals surface area contributed by atoms with Crippen molar-refractivity contribution in [1.29, 1.82) is 0 Å². The average Bonchev–Trinajstić information content (AvgIpc) is 2.55. The number of nitrogen functional groups attached to an aromatic ring is 1. The van der Waals surface area contributed by atoms with Crippen LogP contribution in [0.4, 0.5) is 5.82 Å². The molecule has 3 N–H and O–H groups in total. The second-order valence-electron chi connectivity index (χ2n) is 5.43. The molecule has 0 saturated heterocycles. The Morgan fingerprint density at radius 3 is 2.60 bits per heavy atom. The molecule has 144 valence electrons. The van der Waals surface area contributed by atoms with Crippen molar-refractivity contribution in [3.63, 3.8) is 0 Å². The van der Waals surface area contributed by atoms with E-state index in [0.29, 0.717) is 12.0 Å². The predicted molar refractivity (Wildman–Crippen MR) is 97.8 cm³/mol. The van der Waals surface area contributed by atoms with Crippen LogP contribution in [0.2, 0.25) is 0 Å². The highest BCUT2D eigenvalue weighted by atomic mass is 32.5. The summed E-state index contributed by atoms with van der Waals surface area (Å²) in [6, 6.07) is 0. The third-order valence-corrected chi connectivity index (χ3v) is 5.29. The zero-order valence-electron chi connectivity index (χ0n) is 15.0. The van der Waals surface area contributed by atoms with Crippen molar-refractivity contribution in [3.8, 4) is 0 Å². The van der Waals surface area contributed by atoms with Crippen LogP contribution in [-0.2, 0) is 30.3 Å². The van der Waals surface area contributed by atoms with E-state index in [2.05, 4.69) is 4.98 Å². The number of aryl methyl sites for hydroxylation is 1. The molecule has 1 aromatic rings. The molecule has 0 bridgehead atoms. The number of hydrogen-bond acceptors (Lipinski definition) is 8. The van der Waals surface area contributed by atoms with Gasteiger partial charge in [-0.25, -0.2) is 4.79 Å². The van der Waals surface area contributed by atoms with Crippen molar-refractivity contribution in [1.82, 2.24) is 9.55 Å². The number of nitrogens with two attached hydrogens (primary N) is 1. The average molecular weight is 395 g/mol. The van der Waals surface area contributed by atoms with E-state index in [4.69, 9.17) is 36.1 Å². The Hall–Kier alpha value is -0.870. The van der Waals surface area contributed by atoms with Gasteiger partial charge >= 0.3 is 12.4 Å². The second-order valence-corrected chi connectivity index (χ2v) is 8.33. The summed E-state index contributed by atoms with van der Waals surface area (Å²) in [4.78, 5) is 25.7. The first kappa shape index (κ1) is 22.2. The molecule has 0 spiro atoms. The molecule has 25 heavy (non-hydrogen) atoms. The van der Waals surface area contributed by atoms with Gasteiger partial charge in [0.15, 0.2) is 0 Å². The first-order chi connectivity index (χ1) is 11.6. The Balaban J connectivity index is 3.00. The predicted octanol–water partition coefficient (Wildman–Crippen LogP) is 1.34. The van der Waals surface area contributed by atoms with Crippen molar-refractivity contribution in [2.24, 2.45) is 0 Å². The fraction of sp³-hybridized carbons (Fsp3) is 0.714. The maximum atomic E-state index is 12.0. The van der Waals surface area contributed by atoms with Gasteiger partial charge in [0, 0.05) is 26.0 Å². The minimum atomic E-state index is -3.39. The van der Waals surface area contributed by atoms with Gasteiger partial charge in [0.25, 0.3) is 0 Å². The summed E-state index contributed by atoms with van der Waals surface area (Å²) in [7, 11) is 2.77. The minimum Gasteiger partial charge on any atom is -0.383 e. The van der Waals surface area contributed by atoms with Crippen LogP contribution in [0.5, 0.6) is 0 Å². The van der Waals surface area contributed by atoms with Crippen molar-refractivity contribution in [3.05, 3.63) is 22.2 Å². The number of nitrogens with zero attached hydrogens (tertiary/aromatic N) is 2. The van der Waals surface area contributed by atoms with Crippen LogP contribution in [0.15, 0.2) is 11.0 Å². The maximum Gasteiger partial charge on any atom is 0.351 e. The van der Waals surface area contributed by atoms with E-state index in [1.807, 2.05) is 6.92 Å². The molecular weight excluding hydrogens is 369 g/mol. The molecule has 0 radical (unpaired) electrons. The zero-order chi connectivity index (χ0) is 19.2. The van der Waals surface area contributed by atoms with Crippen LogP contribution in [0.3, 0.4) is 0 Å². The fourth-order valence-corrected chi connectivity index (χ4v) is 3.15. The van der Waals surface area contributed by atoms with Gasteiger partial charge in [-0.05, 0) is 32.1 Å². The van der Waals surface area contributed by atoms with E-state index in [9.17, 15) is 9.69 Å². The molecule has 1 rings (SSSR count). The number of aromatic nitrogens is 2. The summed E-state index contributed by atoms with van der Waals surface area (Å²) in [5, 5.41) is 0. The third kappa shape index (κ3) is 6.41. The molecule has 9 nitrogen and oxygen atoms in total. The van der Waals surface area contributed by atoms with Crippen LogP contribution < -0.4 is 11.4 Å². The molecule has 0 aliphatic carbocycles. The summed E-state index contributed by atoms with van der Waals surface area (Å²) in [6.45, 7) is 2.09. The van der Waals surface area contributed by atoms with Crippen molar-refractivity contribution in [2.45, 2.75) is 45.6 Å². The molecule has 0 amide bonds. The van der Waals surface area contributed by atoms with Crippen molar-refractivity contribution >= 4 is 24.3 Å². The van der Waals surface area contributed by atoms with Gasteiger partial charge < -0.3 is 29.1 Å². The Kier molecular flexibility index (Phi) is 8.62. The summed E-state index contributed by atoms with van der Waals surface area (Å²) >= 11 is 4.89. The minimum absolute atomic E-state index is 0.140. The van der Waals surface area contributed by atoms with Gasteiger partial charge in [0.1, 0.15) is 18.1 Å². The topological polar surface area (TPSA) is 118 Å². The van der Waals surface area contributed by atoms with Gasteiger partial charge in [-0.3, -0.25) is 4.57 Å². The van der Waals surface area contributed by atoms with E-state index in [1.165, 1.54) is 18.8 Å². The largest absolute Gasteiger partial charge is 0.383 e. The summed E-state index contributed by atoms with van der Waals surface area (Å²) in [5.41, 5.74) is 5.79. The molecule has 0 saturated carbocycles. The summed E-state index contributed by atoms with van der Waals surface area (Å²) < 4.78 is 22.7. The monoisotopic (exact) mass is 395 g/mol. The molecule has 0 aliphatic heterocycles. The van der Waals surface area contributed by atoms with Crippen LogP contribution in [0, 0.1) is 6.92 Å². The summed E-state index contributed by atoms with van der Waals surface area (Å²) in [6.07, 6.45) is 0.329. The number of ether oxygens (including phenoxy) is 2. The Labute approximate surface area is 152 Å². The third-order valence-electron chi connectivity index (χ3n) is 3.58. The molecule has 3 unspecified atom stereocenters. The highest BCUT2D eigenvalue weighted by molar-refractivity contribution is 8.07. The Morgan fingerprint density at radius 2 is 2.08 bits per heavy atom. The number of methoxy groups -OCH3 is 1. The van der Waals surface area contributed by atoms with Gasteiger partial charge in [-0.1, -0.05) is 6.92 Å². The van der Waals surface area contributed by atoms with E-state index < -0.39 is 30.8 Å². The van der Waals surface area contributed by atoms with Crippen LogP contribution in [-0.4, -0.2) is 47.5 Å². The van der Waals surface area contributed by atoms with Gasteiger partial charge in [-0.15, -0.1) is 0 Å². The van der Waals surface area contributed by atoms with Crippen LogP contribution >= 0.6 is 6.72 Å². The Bertz CT molecular complexity index is 670. The number of rotatable bonds is 10. The second kappa shape index (κ2) is 9.72. The fourth-order valence-electron chi connectivity index (χ4n) is 2.19. The first-order valence-corrected chi connectivity index (χ1v) is 10.3. The van der Waals surface area contributed by atoms with Crippen molar-refractivity contribution < 1.29 is 23.4 Å². The summed E-state index contributed by atoms with van der Waals surface area (Å²) in [5.74, 6) is 0.183. The van der Waals surface area contributed by atoms with Gasteiger partial charge in [0.05, 0.1) is 12.7 Å². The standard InChI is InChI=1S/C14H26N3O6PS/c1-6-11(12(8-20-4)23-24(19,25)21-5)22-10(3)17-7-9(2)13(15)16-14(17)18/h7,10-12H,6,8H2,1-5H3,(H,19,25)(H2,15,16,18)/t10?,11-,12?,24?/m0/s1. The molecule has 0 aliphatic rings. The molecule has 0 fully saturated rings. The molecule has 0 aromatic carbocycles.